The Morgan fingerprint density at radius 1 is 1.14 bits per heavy atom. The van der Waals surface area contributed by atoms with Crippen molar-refractivity contribution in [3.63, 3.8) is 0 Å². The SMILES string of the molecule is CC(C)(O)c1ccc(N(C(=O)[C@H]2C[C@@H](O)CN2)C(C(=O)NC2CCCCC2)c2cccnc2)cc1. The van der Waals surface area contributed by atoms with Gasteiger partial charge in [0.05, 0.1) is 17.7 Å². The molecule has 188 valence electrons. The Morgan fingerprint density at radius 3 is 2.43 bits per heavy atom. The number of nitrogens with one attached hydrogen (secondary N) is 2. The molecule has 2 amide bonds. The van der Waals surface area contributed by atoms with Crippen LogP contribution in [0.3, 0.4) is 0 Å². The Kier molecular flexibility index (Phi) is 7.84. The molecule has 1 saturated heterocycles. The highest BCUT2D eigenvalue weighted by Crippen LogP contribution is 2.32. The number of carbonyl (C=O) groups is 2. The van der Waals surface area contributed by atoms with Crippen molar-refractivity contribution >= 4 is 17.5 Å². The summed E-state index contributed by atoms with van der Waals surface area (Å²) < 4.78 is 0. The summed E-state index contributed by atoms with van der Waals surface area (Å²) in [4.78, 5) is 33.4. The van der Waals surface area contributed by atoms with Gasteiger partial charge >= 0.3 is 0 Å². The van der Waals surface area contributed by atoms with Gasteiger partial charge < -0.3 is 20.8 Å². The smallest absolute Gasteiger partial charge is 0.248 e. The number of hydrogen-bond acceptors (Lipinski definition) is 6. The molecule has 2 aliphatic rings. The van der Waals surface area contributed by atoms with Crippen molar-refractivity contribution in [2.24, 2.45) is 0 Å². The lowest BCUT2D eigenvalue weighted by molar-refractivity contribution is -0.128. The molecule has 0 spiro atoms. The molecule has 1 aromatic heterocycles. The molecule has 1 aliphatic carbocycles. The van der Waals surface area contributed by atoms with Crippen LogP contribution in [0, 0.1) is 0 Å². The van der Waals surface area contributed by atoms with Crippen LogP contribution in [0.25, 0.3) is 0 Å². The summed E-state index contributed by atoms with van der Waals surface area (Å²) in [5, 5.41) is 26.7. The Hall–Kier alpha value is -2.81. The number of aliphatic hydroxyl groups is 2. The number of amides is 2. The topological polar surface area (TPSA) is 115 Å². The molecule has 4 rings (SSSR count). The fraction of sp³-hybridized carbons (Fsp3) is 0.519. The van der Waals surface area contributed by atoms with Gasteiger partial charge in [-0.05, 0) is 56.9 Å². The summed E-state index contributed by atoms with van der Waals surface area (Å²) in [6.45, 7) is 3.73. The minimum atomic E-state index is -1.04. The van der Waals surface area contributed by atoms with Crippen LogP contribution in [0.1, 0.15) is 69.5 Å². The predicted octanol–water partition coefficient (Wildman–Crippen LogP) is 2.55. The lowest BCUT2D eigenvalue weighted by atomic mass is 9.94. The molecule has 2 heterocycles. The molecule has 0 radical (unpaired) electrons. The van der Waals surface area contributed by atoms with E-state index < -0.39 is 23.8 Å². The highest BCUT2D eigenvalue weighted by atomic mass is 16.3. The van der Waals surface area contributed by atoms with Gasteiger partial charge in [0.25, 0.3) is 0 Å². The minimum absolute atomic E-state index is 0.0800. The molecule has 1 saturated carbocycles. The molecular weight excluding hydrogens is 444 g/mol. The highest BCUT2D eigenvalue weighted by Gasteiger charge is 2.39. The Bertz CT molecular complexity index is 1000. The first-order chi connectivity index (χ1) is 16.7. The third-order valence-corrected chi connectivity index (χ3v) is 6.95. The molecule has 2 fully saturated rings. The van der Waals surface area contributed by atoms with E-state index in [9.17, 15) is 19.8 Å². The van der Waals surface area contributed by atoms with E-state index >= 15 is 0 Å². The molecule has 2 aromatic rings. The number of rotatable bonds is 7. The van der Waals surface area contributed by atoms with Gasteiger partial charge in [0, 0.05) is 36.2 Å². The van der Waals surface area contributed by atoms with Gasteiger partial charge in [-0.15, -0.1) is 0 Å². The quantitative estimate of drug-likeness (QED) is 0.484. The fourth-order valence-electron chi connectivity index (χ4n) is 4.99. The van der Waals surface area contributed by atoms with Crippen LogP contribution in [-0.2, 0) is 15.2 Å². The molecular formula is C27H36N4O4. The molecule has 1 unspecified atom stereocenters. The molecule has 35 heavy (non-hydrogen) atoms. The van der Waals surface area contributed by atoms with E-state index in [0.29, 0.717) is 23.4 Å². The largest absolute Gasteiger partial charge is 0.392 e. The molecule has 4 N–H and O–H groups in total. The van der Waals surface area contributed by atoms with E-state index in [1.165, 1.54) is 11.3 Å². The first kappa shape index (κ1) is 25.3. The number of carbonyl (C=O) groups excluding carboxylic acids is 2. The zero-order chi connectivity index (χ0) is 25.0. The van der Waals surface area contributed by atoms with E-state index in [4.69, 9.17) is 0 Å². The lowest BCUT2D eigenvalue weighted by Crippen LogP contribution is -2.51. The van der Waals surface area contributed by atoms with Crippen molar-refractivity contribution < 1.29 is 19.8 Å². The van der Waals surface area contributed by atoms with Crippen molar-refractivity contribution in [1.82, 2.24) is 15.6 Å². The average molecular weight is 481 g/mol. The van der Waals surface area contributed by atoms with Gasteiger partial charge in [-0.2, -0.15) is 0 Å². The van der Waals surface area contributed by atoms with Crippen LogP contribution in [0.4, 0.5) is 5.69 Å². The number of pyridine rings is 1. The first-order valence-electron chi connectivity index (χ1n) is 12.5. The third kappa shape index (κ3) is 6.07. The minimum Gasteiger partial charge on any atom is -0.392 e. The number of nitrogens with zero attached hydrogens (tertiary/aromatic N) is 2. The van der Waals surface area contributed by atoms with E-state index in [1.54, 1.807) is 62.6 Å². The molecule has 0 bridgehead atoms. The van der Waals surface area contributed by atoms with Crippen molar-refractivity contribution in [3.8, 4) is 0 Å². The fourth-order valence-corrected chi connectivity index (χ4v) is 4.99. The molecule has 8 heteroatoms. The van der Waals surface area contributed by atoms with Crippen molar-refractivity contribution in [2.75, 3.05) is 11.4 Å². The number of benzene rings is 1. The monoisotopic (exact) mass is 480 g/mol. The van der Waals surface area contributed by atoms with Crippen LogP contribution < -0.4 is 15.5 Å². The second-order valence-corrected chi connectivity index (χ2v) is 10.2. The van der Waals surface area contributed by atoms with Gasteiger partial charge in [-0.3, -0.25) is 19.5 Å². The van der Waals surface area contributed by atoms with Crippen LogP contribution in [0.15, 0.2) is 48.8 Å². The summed E-state index contributed by atoms with van der Waals surface area (Å²) >= 11 is 0. The molecule has 1 aromatic carbocycles. The van der Waals surface area contributed by atoms with Gasteiger partial charge in [0.1, 0.15) is 6.04 Å². The van der Waals surface area contributed by atoms with Crippen LogP contribution in [0.5, 0.6) is 0 Å². The van der Waals surface area contributed by atoms with Crippen molar-refractivity contribution in [3.05, 3.63) is 59.9 Å². The van der Waals surface area contributed by atoms with Gasteiger partial charge in [0.2, 0.25) is 11.8 Å². The number of β-amino-alcohol motifs (C(OH)–C–C–N with tert-alkyl or cyclic N) is 1. The maximum Gasteiger partial charge on any atom is 0.248 e. The van der Waals surface area contributed by atoms with Crippen LogP contribution in [-0.4, -0.2) is 51.7 Å². The van der Waals surface area contributed by atoms with E-state index in [2.05, 4.69) is 15.6 Å². The lowest BCUT2D eigenvalue weighted by Gasteiger charge is -2.35. The predicted molar refractivity (Wildman–Crippen MR) is 134 cm³/mol. The third-order valence-electron chi connectivity index (χ3n) is 6.95. The van der Waals surface area contributed by atoms with Crippen molar-refractivity contribution in [2.45, 2.75) is 82.2 Å². The first-order valence-corrected chi connectivity index (χ1v) is 12.5. The average Bonchev–Trinajstić information content (AvgIpc) is 3.29. The van der Waals surface area contributed by atoms with Gasteiger partial charge in [0.15, 0.2) is 0 Å². The zero-order valence-corrected chi connectivity index (χ0v) is 20.5. The van der Waals surface area contributed by atoms with E-state index in [1.807, 2.05) is 0 Å². The molecule has 8 nitrogen and oxygen atoms in total. The van der Waals surface area contributed by atoms with E-state index in [-0.39, 0.29) is 24.3 Å². The number of anilines is 1. The molecule has 1 aliphatic heterocycles. The second kappa shape index (κ2) is 10.8. The summed E-state index contributed by atoms with van der Waals surface area (Å²) in [5.74, 6) is -0.534. The summed E-state index contributed by atoms with van der Waals surface area (Å²) in [7, 11) is 0. The number of hydrogen-bond donors (Lipinski definition) is 4. The van der Waals surface area contributed by atoms with Crippen LogP contribution in [0.2, 0.25) is 0 Å². The Labute approximate surface area is 206 Å². The summed E-state index contributed by atoms with van der Waals surface area (Å²) in [6, 6.07) is 9.16. The Morgan fingerprint density at radius 2 is 1.86 bits per heavy atom. The Balaban J connectivity index is 1.74. The maximum absolute atomic E-state index is 13.9. The standard InChI is InChI=1S/C27H36N4O4/c1-27(2,35)19-10-12-21(13-11-19)31(26(34)23-15-22(32)17-29-23)24(18-7-6-14-28-16-18)25(33)30-20-8-4-3-5-9-20/h6-7,10-14,16,20,22-24,29,32,35H,3-5,8-9,15,17H2,1-2H3,(H,30,33)/t22-,23-,24?/m1/s1. The van der Waals surface area contributed by atoms with Gasteiger partial charge in [-0.25, -0.2) is 0 Å². The summed E-state index contributed by atoms with van der Waals surface area (Å²) in [5.41, 5.74) is 0.816. The van der Waals surface area contributed by atoms with Gasteiger partial charge in [-0.1, -0.05) is 37.5 Å². The van der Waals surface area contributed by atoms with E-state index in [0.717, 1.165) is 25.7 Å². The zero-order valence-electron chi connectivity index (χ0n) is 20.5. The maximum atomic E-state index is 13.9. The second-order valence-electron chi connectivity index (χ2n) is 10.2. The highest BCUT2D eigenvalue weighted by molar-refractivity contribution is 6.04. The van der Waals surface area contributed by atoms with Crippen LogP contribution >= 0.6 is 0 Å². The number of aromatic nitrogens is 1. The number of aliphatic hydroxyl groups excluding tert-OH is 1. The normalized spacial score (nSPS) is 21.9. The molecule has 3 atom stereocenters. The summed E-state index contributed by atoms with van der Waals surface area (Å²) in [6.07, 6.45) is 8.10. The van der Waals surface area contributed by atoms with Crippen molar-refractivity contribution in [1.29, 1.82) is 0 Å².